The summed E-state index contributed by atoms with van der Waals surface area (Å²) in [5.74, 6) is 0. The molecule has 0 unspecified atom stereocenters. The molecule has 0 aliphatic carbocycles. The van der Waals surface area contributed by atoms with E-state index < -0.39 is 10.0 Å². The Morgan fingerprint density at radius 3 is 2.38 bits per heavy atom. The number of nitrogens with zero attached hydrogens (tertiary/aromatic N) is 1. The maximum atomic E-state index is 12.2. The summed E-state index contributed by atoms with van der Waals surface area (Å²) in [4.78, 5) is 0. The van der Waals surface area contributed by atoms with Gasteiger partial charge in [-0.3, -0.25) is 0 Å². The van der Waals surface area contributed by atoms with E-state index in [0.29, 0.717) is 21.6 Å². The van der Waals surface area contributed by atoms with Crippen LogP contribution in [-0.2, 0) is 10.0 Å². The zero-order valence-electron chi connectivity index (χ0n) is 11.0. The molecule has 0 aliphatic rings. The highest BCUT2D eigenvalue weighted by molar-refractivity contribution is 9.10. The van der Waals surface area contributed by atoms with Crippen LogP contribution in [0.15, 0.2) is 53.0 Å². The smallest absolute Gasteiger partial charge is 0.236 e. The van der Waals surface area contributed by atoms with E-state index in [0.717, 1.165) is 10.0 Å². The molecule has 3 nitrogen and oxygen atoms in total. The Bertz CT molecular complexity index is 933. The lowest BCUT2D eigenvalue weighted by molar-refractivity contribution is 0.595. The van der Waals surface area contributed by atoms with Crippen LogP contribution in [0.5, 0.6) is 0 Å². The molecule has 0 bridgehead atoms. The largest absolute Gasteiger partial charge is 0.236 e. The summed E-state index contributed by atoms with van der Waals surface area (Å²) < 4.78 is 26.6. The molecule has 0 radical (unpaired) electrons. The lowest BCUT2D eigenvalue weighted by atomic mass is 10.1. The molecule has 0 atom stereocenters. The lowest BCUT2D eigenvalue weighted by Gasteiger charge is -2.08. The van der Waals surface area contributed by atoms with Gasteiger partial charge in [0, 0.05) is 15.4 Å². The Labute approximate surface area is 136 Å². The predicted molar refractivity (Wildman–Crippen MR) is 90.3 cm³/mol. The minimum atomic E-state index is -3.48. The molecule has 3 rings (SSSR count). The fourth-order valence-electron chi connectivity index (χ4n) is 2.38. The monoisotopic (exact) mass is 383 g/mol. The molecule has 0 N–H and O–H groups in total. The van der Waals surface area contributed by atoms with Crippen LogP contribution in [0.1, 0.15) is 0 Å². The summed E-state index contributed by atoms with van der Waals surface area (Å²) in [5.41, 5.74) is 1.83. The van der Waals surface area contributed by atoms with Gasteiger partial charge in [-0.15, -0.1) is 0 Å². The number of fused-ring (bicyclic) bond motifs is 1. The topological polar surface area (TPSA) is 39.1 Å². The van der Waals surface area contributed by atoms with Crippen LogP contribution in [0.2, 0.25) is 5.02 Å². The van der Waals surface area contributed by atoms with Gasteiger partial charge in [-0.2, -0.15) is 0 Å². The molecule has 1 aromatic heterocycles. The van der Waals surface area contributed by atoms with E-state index in [4.69, 9.17) is 11.6 Å². The van der Waals surface area contributed by atoms with Gasteiger partial charge in [0.2, 0.25) is 10.0 Å². The van der Waals surface area contributed by atoms with Crippen molar-refractivity contribution in [2.24, 2.45) is 0 Å². The number of benzene rings is 2. The fraction of sp³-hybridized carbons (Fsp3) is 0.0667. The second-order valence-corrected chi connectivity index (χ2v) is 7.84. The van der Waals surface area contributed by atoms with E-state index in [9.17, 15) is 8.42 Å². The average molecular weight is 385 g/mol. The second-order valence-electron chi connectivity index (χ2n) is 4.72. The quantitative estimate of drug-likeness (QED) is 0.651. The first-order valence-corrected chi connectivity index (χ1v) is 9.17. The normalized spacial score (nSPS) is 12.0. The van der Waals surface area contributed by atoms with Crippen LogP contribution in [0, 0.1) is 0 Å². The van der Waals surface area contributed by atoms with E-state index in [1.165, 1.54) is 10.2 Å². The van der Waals surface area contributed by atoms with Crippen LogP contribution in [-0.4, -0.2) is 18.6 Å². The van der Waals surface area contributed by atoms with Crippen LogP contribution in [0.4, 0.5) is 0 Å². The van der Waals surface area contributed by atoms with Crippen molar-refractivity contribution in [3.8, 4) is 11.3 Å². The van der Waals surface area contributed by atoms with Crippen molar-refractivity contribution in [2.45, 2.75) is 0 Å². The third-order valence-corrected chi connectivity index (χ3v) is 5.12. The van der Waals surface area contributed by atoms with Crippen molar-refractivity contribution in [1.29, 1.82) is 0 Å². The van der Waals surface area contributed by atoms with Gasteiger partial charge in [0.25, 0.3) is 0 Å². The molecule has 0 spiro atoms. The third kappa shape index (κ3) is 2.50. The molecular weight excluding hydrogens is 374 g/mol. The highest BCUT2D eigenvalue weighted by atomic mass is 79.9. The maximum absolute atomic E-state index is 12.2. The second kappa shape index (κ2) is 5.16. The fourth-order valence-corrected chi connectivity index (χ4v) is 4.18. The number of aromatic nitrogens is 1. The molecular formula is C15H11BrClNO2S. The van der Waals surface area contributed by atoms with Gasteiger partial charge < -0.3 is 0 Å². The Balaban J connectivity index is 2.52. The summed E-state index contributed by atoms with van der Waals surface area (Å²) in [5, 5.41) is 1.14. The molecule has 108 valence electrons. The SMILES string of the molecule is CS(=O)(=O)n1c(-c2ccccc2)c(Cl)c2cc(Br)ccc21. The van der Waals surface area contributed by atoms with Crippen molar-refractivity contribution >= 4 is 48.5 Å². The Hall–Kier alpha value is -1.30. The average Bonchev–Trinajstić information content (AvgIpc) is 2.73. The van der Waals surface area contributed by atoms with Crippen molar-refractivity contribution in [1.82, 2.24) is 3.97 Å². The molecule has 21 heavy (non-hydrogen) atoms. The van der Waals surface area contributed by atoms with Crippen LogP contribution < -0.4 is 0 Å². The summed E-state index contributed by atoms with van der Waals surface area (Å²) in [6.45, 7) is 0. The van der Waals surface area contributed by atoms with Crippen molar-refractivity contribution < 1.29 is 8.42 Å². The molecule has 0 fully saturated rings. The van der Waals surface area contributed by atoms with E-state index in [2.05, 4.69) is 15.9 Å². The van der Waals surface area contributed by atoms with Crippen molar-refractivity contribution in [2.75, 3.05) is 6.26 Å². The number of rotatable bonds is 2. The molecule has 1 heterocycles. The zero-order chi connectivity index (χ0) is 15.2. The van der Waals surface area contributed by atoms with E-state index in [-0.39, 0.29) is 0 Å². The van der Waals surface area contributed by atoms with E-state index >= 15 is 0 Å². The minimum Gasteiger partial charge on any atom is -0.236 e. The summed E-state index contributed by atoms with van der Waals surface area (Å²) in [6, 6.07) is 14.6. The molecule has 0 aliphatic heterocycles. The number of halogens is 2. The van der Waals surface area contributed by atoms with Crippen LogP contribution >= 0.6 is 27.5 Å². The molecule has 3 aromatic rings. The van der Waals surface area contributed by atoms with Gasteiger partial charge in [0.1, 0.15) is 0 Å². The number of hydrogen-bond acceptors (Lipinski definition) is 2. The van der Waals surface area contributed by atoms with E-state index in [1.807, 2.05) is 36.4 Å². The van der Waals surface area contributed by atoms with Gasteiger partial charge in [-0.25, -0.2) is 12.4 Å². The first kappa shape index (κ1) is 14.6. The first-order chi connectivity index (χ1) is 9.89. The van der Waals surface area contributed by atoms with Gasteiger partial charge in [0.15, 0.2) is 0 Å². The van der Waals surface area contributed by atoms with Crippen LogP contribution in [0.3, 0.4) is 0 Å². The molecule has 2 aromatic carbocycles. The maximum Gasteiger partial charge on any atom is 0.236 e. The minimum absolute atomic E-state index is 0.433. The predicted octanol–water partition coefficient (Wildman–Crippen LogP) is 4.53. The van der Waals surface area contributed by atoms with Gasteiger partial charge in [0.05, 0.1) is 22.5 Å². The highest BCUT2D eigenvalue weighted by Gasteiger charge is 2.22. The highest BCUT2D eigenvalue weighted by Crippen LogP contribution is 2.39. The Kier molecular flexibility index (Phi) is 3.59. The van der Waals surface area contributed by atoms with Gasteiger partial charge in [-0.05, 0) is 18.2 Å². The van der Waals surface area contributed by atoms with E-state index in [1.54, 1.807) is 12.1 Å². The molecule has 0 saturated carbocycles. The lowest BCUT2D eigenvalue weighted by Crippen LogP contribution is -2.11. The summed E-state index contributed by atoms with van der Waals surface area (Å²) in [7, 11) is -3.48. The van der Waals surface area contributed by atoms with Crippen molar-refractivity contribution in [3.63, 3.8) is 0 Å². The molecule has 0 amide bonds. The molecule has 6 heteroatoms. The van der Waals surface area contributed by atoms with Crippen LogP contribution in [0.25, 0.3) is 22.2 Å². The first-order valence-electron chi connectivity index (χ1n) is 6.15. The van der Waals surface area contributed by atoms with Gasteiger partial charge in [-0.1, -0.05) is 57.9 Å². The zero-order valence-corrected chi connectivity index (χ0v) is 14.2. The third-order valence-electron chi connectivity index (χ3n) is 3.20. The Morgan fingerprint density at radius 2 is 1.76 bits per heavy atom. The van der Waals surface area contributed by atoms with Gasteiger partial charge >= 0.3 is 0 Å². The Morgan fingerprint density at radius 1 is 1.10 bits per heavy atom. The molecule has 0 saturated heterocycles. The van der Waals surface area contributed by atoms with Crippen molar-refractivity contribution in [3.05, 3.63) is 58.0 Å². The summed E-state index contributed by atoms with van der Waals surface area (Å²) in [6.07, 6.45) is 1.18. The standard InChI is InChI=1S/C15H11BrClNO2S/c1-21(19,20)18-13-8-7-11(16)9-12(13)14(17)15(18)10-5-3-2-4-6-10/h2-9H,1H3. The number of hydrogen-bond donors (Lipinski definition) is 0. The summed E-state index contributed by atoms with van der Waals surface area (Å²) >= 11 is 9.86.